The van der Waals surface area contributed by atoms with E-state index in [4.69, 9.17) is 4.74 Å². The van der Waals surface area contributed by atoms with Gasteiger partial charge in [-0.15, -0.1) is 24.0 Å². The highest BCUT2D eigenvalue weighted by Gasteiger charge is 2.20. The number of sulfonamides is 1. The minimum absolute atomic E-state index is 0. The van der Waals surface area contributed by atoms with E-state index in [9.17, 15) is 8.42 Å². The van der Waals surface area contributed by atoms with Crippen molar-refractivity contribution in [3.63, 3.8) is 0 Å². The molecule has 7 nitrogen and oxygen atoms in total. The highest BCUT2D eigenvalue weighted by molar-refractivity contribution is 14.0. The molecule has 1 saturated heterocycles. The molecule has 2 fully saturated rings. The fraction of sp³-hybridized carbons (Fsp3) is 0.944. The lowest BCUT2D eigenvalue weighted by Gasteiger charge is -2.28. The first kappa shape index (κ1) is 24.9. The number of guanidine groups is 1. The summed E-state index contributed by atoms with van der Waals surface area (Å²) in [5.41, 5.74) is 0. The first-order valence-electron chi connectivity index (χ1n) is 10.1. The highest BCUT2D eigenvalue weighted by atomic mass is 127. The fourth-order valence-electron chi connectivity index (χ4n) is 3.46. The largest absolute Gasteiger partial charge is 0.377 e. The monoisotopic (exact) mass is 516 g/mol. The lowest BCUT2D eigenvalue weighted by molar-refractivity contribution is 0.0200. The molecule has 0 radical (unpaired) electrons. The smallest absolute Gasteiger partial charge is 0.213 e. The van der Waals surface area contributed by atoms with Crippen LogP contribution in [0.25, 0.3) is 0 Å². The summed E-state index contributed by atoms with van der Waals surface area (Å²) >= 11 is 0. The van der Waals surface area contributed by atoms with Gasteiger partial charge in [-0.3, -0.25) is 4.99 Å². The molecule has 2 aliphatic rings. The van der Waals surface area contributed by atoms with Crippen molar-refractivity contribution in [2.45, 2.75) is 70.9 Å². The molecule has 0 amide bonds. The molecule has 1 saturated carbocycles. The molecule has 1 unspecified atom stereocenters. The Bertz CT molecular complexity index is 531. The van der Waals surface area contributed by atoms with Gasteiger partial charge in [0.05, 0.1) is 18.4 Å². The molecule has 27 heavy (non-hydrogen) atoms. The van der Waals surface area contributed by atoms with Gasteiger partial charge in [0, 0.05) is 25.7 Å². The van der Waals surface area contributed by atoms with E-state index >= 15 is 0 Å². The zero-order valence-electron chi connectivity index (χ0n) is 16.7. The average Bonchev–Trinajstić information content (AvgIpc) is 2.63. The molecular formula is C18H37IN4O3S. The van der Waals surface area contributed by atoms with Crippen molar-refractivity contribution in [2.75, 3.05) is 32.0 Å². The molecule has 1 aliphatic carbocycles. The fourth-order valence-corrected chi connectivity index (χ4v) is 4.37. The number of hydrogen-bond acceptors (Lipinski definition) is 4. The molecular weight excluding hydrogens is 479 g/mol. The number of hydrogen-bond donors (Lipinski definition) is 3. The van der Waals surface area contributed by atoms with Crippen molar-refractivity contribution >= 4 is 40.0 Å². The zero-order valence-corrected chi connectivity index (χ0v) is 19.9. The number of ether oxygens (including phenoxy) is 1. The van der Waals surface area contributed by atoms with Crippen LogP contribution in [-0.4, -0.2) is 58.5 Å². The Morgan fingerprint density at radius 1 is 1.15 bits per heavy atom. The summed E-state index contributed by atoms with van der Waals surface area (Å²) in [5, 5.41) is 6.67. The van der Waals surface area contributed by atoms with Crippen molar-refractivity contribution in [3.8, 4) is 0 Å². The first-order valence-corrected chi connectivity index (χ1v) is 11.8. The van der Waals surface area contributed by atoms with Crippen molar-refractivity contribution in [2.24, 2.45) is 10.9 Å². The predicted octanol–water partition coefficient (Wildman–Crippen LogP) is 2.23. The summed E-state index contributed by atoms with van der Waals surface area (Å²) in [5.74, 6) is 1.52. The van der Waals surface area contributed by atoms with E-state index in [0.29, 0.717) is 12.6 Å². The van der Waals surface area contributed by atoms with Crippen LogP contribution in [0.5, 0.6) is 0 Å². The summed E-state index contributed by atoms with van der Waals surface area (Å²) in [6.45, 7) is 6.42. The Hall–Kier alpha value is -0.130. The van der Waals surface area contributed by atoms with Crippen LogP contribution in [0.2, 0.25) is 0 Å². The van der Waals surface area contributed by atoms with Crippen LogP contribution in [-0.2, 0) is 14.8 Å². The van der Waals surface area contributed by atoms with Gasteiger partial charge in [0.2, 0.25) is 10.0 Å². The van der Waals surface area contributed by atoms with E-state index in [1.54, 1.807) is 0 Å². The molecule has 3 N–H and O–H groups in total. The van der Waals surface area contributed by atoms with Crippen LogP contribution < -0.4 is 15.4 Å². The van der Waals surface area contributed by atoms with Crippen molar-refractivity contribution in [3.05, 3.63) is 0 Å². The topological polar surface area (TPSA) is 91.8 Å². The molecule has 0 aromatic rings. The quantitative estimate of drug-likeness (QED) is 0.262. The third-order valence-electron chi connectivity index (χ3n) is 5.14. The molecule has 2 rings (SSSR count). The van der Waals surface area contributed by atoms with Gasteiger partial charge in [-0.1, -0.05) is 6.92 Å². The van der Waals surface area contributed by atoms with Crippen molar-refractivity contribution in [1.29, 1.82) is 0 Å². The Morgan fingerprint density at radius 3 is 2.52 bits per heavy atom. The maximum absolute atomic E-state index is 12.2. The molecule has 1 heterocycles. The lowest BCUT2D eigenvalue weighted by Crippen LogP contribution is -2.45. The normalized spacial score (nSPS) is 26.9. The molecule has 160 valence electrons. The summed E-state index contributed by atoms with van der Waals surface area (Å²) < 4.78 is 32.5. The minimum atomic E-state index is -3.32. The molecule has 0 aromatic heterocycles. The van der Waals surface area contributed by atoms with Crippen LogP contribution >= 0.6 is 24.0 Å². The van der Waals surface area contributed by atoms with Crippen LogP contribution in [0, 0.1) is 5.92 Å². The number of rotatable bonds is 8. The molecule has 0 bridgehead atoms. The molecule has 0 aromatic carbocycles. The third kappa shape index (κ3) is 10.3. The van der Waals surface area contributed by atoms with Gasteiger partial charge in [0.15, 0.2) is 5.96 Å². The van der Waals surface area contributed by atoms with Gasteiger partial charge in [0.1, 0.15) is 0 Å². The van der Waals surface area contributed by atoms with E-state index in [1.165, 1.54) is 12.8 Å². The summed E-state index contributed by atoms with van der Waals surface area (Å²) in [6.07, 6.45) is 7.87. The Morgan fingerprint density at radius 2 is 1.89 bits per heavy atom. The van der Waals surface area contributed by atoms with E-state index in [0.717, 1.165) is 57.1 Å². The second-order valence-electron chi connectivity index (χ2n) is 7.52. The Labute approximate surface area is 181 Å². The van der Waals surface area contributed by atoms with Gasteiger partial charge in [0.25, 0.3) is 0 Å². The maximum atomic E-state index is 12.2. The second kappa shape index (κ2) is 13.2. The molecule has 1 aliphatic heterocycles. The van der Waals surface area contributed by atoms with Crippen LogP contribution in [0.15, 0.2) is 4.99 Å². The van der Waals surface area contributed by atoms with Crippen molar-refractivity contribution in [1.82, 2.24) is 15.4 Å². The van der Waals surface area contributed by atoms with Gasteiger partial charge in [-0.25, -0.2) is 13.1 Å². The Kier molecular flexibility index (Phi) is 12.1. The highest BCUT2D eigenvalue weighted by Crippen LogP contribution is 2.23. The van der Waals surface area contributed by atoms with E-state index in [-0.39, 0.29) is 42.4 Å². The standard InChI is InChI=1S/C18H36N4O3S.HI/c1-3-19-18(22-16-9-7-15(2)8-10-16)20-11-13-26(23,24)21-14-17-6-4-5-12-25-17;/h15-17,21H,3-14H2,1-2H3,(H2,19,20,22);1H. The van der Waals surface area contributed by atoms with E-state index < -0.39 is 10.0 Å². The number of halogens is 1. The summed E-state index contributed by atoms with van der Waals surface area (Å²) in [7, 11) is -3.32. The number of aliphatic imine (C=N–C) groups is 1. The number of nitrogens with one attached hydrogen (secondary N) is 3. The molecule has 1 atom stereocenters. The van der Waals surface area contributed by atoms with Crippen molar-refractivity contribution < 1.29 is 13.2 Å². The predicted molar refractivity (Wildman–Crippen MR) is 121 cm³/mol. The summed E-state index contributed by atoms with van der Waals surface area (Å²) in [4.78, 5) is 4.45. The van der Waals surface area contributed by atoms with Gasteiger partial charge >= 0.3 is 0 Å². The van der Waals surface area contributed by atoms with E-state index in [1.807, 2.05) is 6.92 Å². The first-order chi connectivity index (χ1) is 12.5. The second-order valence-corrected chi connectivity index (χ2v) is 9.44. The SMILES string of the molecule is CCNC(=NCCS(=O)(=O)NCC1CCCCO1)NC1CCC(C)CC1.I. The van der Waals surface area contributed by atoms with Gasteiger partial charge in [-0.05, 0) is 57.8 Å². The van der Waals surface area contributed by atoms with Crippen LogP contribution in [0.3, 0.4) is 0 Å². The Balaban J connectivity index is 0.00000364. The van der Waals surface area contributed by atoms with Crippen LogP contribution in [0.4, 0.5) is 0 Å². The third-order valence-corrected chi connectivity index (χ3v) is 6.46. The maximum Gasteiger partial charge on any atom is 0.213 e. The van der Waals surface area contributed by atoms with Gasteiger partial charge < -0.3 is 15.4 Å². The summed E-state index contributed by atoms with van der Waals surface area (Å²) in [6, 6.07) is 0.433. The van der Waals surface area contributed by atoms with Crippen LogP contribution in [0.1, 0.15) is 58.8 Å². The van der Waals surface area contributed by atoms with E-state index in [2.05, 4.69) is 27.3 Å². The average molecular weight is 516 g/mol. The lowest BCUT2D eigenvalue weighted by atomic mass is 9.87. The zero-order chi connectivity index (χ0) is 18.8. The minimum Gasteiger partial charge on any atom is -0.377 e. The molecule has 9 heteroatoms. The number of nitrogens with zero attached hydrogens (tertiary/aromatic N) is 1. The molecule has 0 spiro atoms. The van der Waals surface area contributed by atoms with Gasteiger partial charge in [-0.2, -0.15) is 0 Å².